The lowest BCUT2D eigenvalue weighted by Gasteiger charge is -2.26. The average molecular weight is 829 g/mol. The molecule has 0 atom stereocenters. The van der Waals surface area contributed by atoms with Gasteiger partial charge in [0.25, 0.3) is 0 Å². The molecule has 65 heavy (non-hydrogen) atoms. The maximum Gasteiger partial charge on any atom is 0.143 e. The van der Waals surface area contributed by atoms with Crippen molar-refractivity contribution in [3.63, 3.8) is 0 Å². The number of hydrogen-bond donors (Lipinski definition) is 0. The zero-order valence-electron chi connectivity index (χ0n) is 35.4. The highest BCUT2D eigenvalue weighted by Crippen LogP contribution is 2.42. The van der Waals surface area contributed by atoms with Crippen LogP contribution in [0.1, 0.15) is 0 Å². The SMILES string of the molecule is c1ccc(-c2cccc3c2oc2ccc(-c4ccc(N(c5ccc(-c6cccc(-n7c8ccccc8c8ccccc87)c6)cc5)c5ccc6ccc7ccccc7c6c5)cc4)cc23)cc1. The topological polar surface area (TPSA) is 21.3 Å². The Morgan fingerprint density at radius 1 is 0.308 bits per heavy atom. The molecule has 0 unspecified atom stereocenters. The van der Waals surface area contributed by atoms with Gasteiger partial charge in [-0.05, 0) is 122 Å². The standard InChI is InChI=1S/C62H40N2O/c1-2-12-43(13-3-1)53-20-11-21-56-58-39-47(31-37-61(58)65-62(53)56)42-28-34-49(35-29-42)63(51-36-30-45-25-24-44-14-4-5-17-52(44)57(45)40-51)48-32-26-41(27-33-48)46-15-10-16-50(38-46)64-59-22-8-6-18-54(59)55-19-7-9-23-60(55)64/h1-40H. The number of fused-ring (bicyclic) bond motifs is 9. The summed E-state index contributed by atoms with van der Waals surface area (Å²) in [6.45, 7) is 0. The molecule has 0 bridgehead atoms. The van der Waals surface area contributed by atoms with Gasteiger partial charge in [-0.25, -0.2) is 0 Å². The van der Waals surface area contributed by atoms with Crippen LogP contribution in [0, 0.1) is 0 Å². The first-order valence-electron chi connectivity index (χ1n) is 22.2. The molecule has 2 aromatic heterocycles. The van der Waals surface area contributed by atoms with Crippen molar-refractivity contribution in [2.75, 3.05) is 4.90 Å². The number of para-hydroxylation sites is 3. The van der Waals surface area contributed by atoms with Crippen molar-refractivity contribution >= 4 is 82.4 Å². The van der Waals surface area contributed by atoms with Gasteiger partial charge in [0, 0.05) is 49.9 Å². The molecule has 0 aliphatic rings. The molecule has 0 amide bonds. The minimum Gasteiger partial charge on any atom is -0.455 e. The van der Waals surface area contributed by atoms with Crippen LogP contribution in [0.3, 0.4) is 0 Å². The van der Waals surface area contributed by atoms with Gasteiger partial charge in [-0.2, -0.15) is 0 Å². The van der Waals surface area contributed by atoms with Crippen LogP contribution in [0.5, 0.6) is 0 Å². The van der Waals surface area contributed by atoms with Gasteiger partial charge < -0.3 is 13.9 Å². The second-order valence-corrected chi connectivity index (χ2v) is 16.9. The molecule has 0 N–H and O–H groups in total. The van der Waals surface area contributed by atoms with Crippen molar-refractivity contribution in [1.82, 2.24) is 4.57 Å². The molecule has 0 spiro atoms. The van der Waals surface area contributed by atoms with Crippen molar-refractivity contribution < 1.29 is 4.42 Å². The minimum absolute atomic E-state index is 0.889. The molecule has 3 heteroatoms. The summed E-state index contributed by atoms with van der Waals surface area (Å²) in [6, 6.07) is 87.7. The van der Waals surface area contributed by atoms with Crippen LogP contribution in [0.4, 0.5) is 17.1 Å². The summed E-state index contributed by atoms with van der Waals surface area (Å²) < 4.78 is 8.90. The second kappa shape index (κ2) is 15.0. The summed E-state index contributed by atoms with van der Waals surface area (Å²) in [5, 5.41) is 9.70. The molecule has 2 heterocycles. The Morgan fingerprint density at radius 3 is 1.57 bits per heavy atom. The number of anilines is 3. The lowest BCUT2D eigenvalue weighted by Crippen LogP contribution is -2.09. The molecular formula is C62H40N2O. The fraction of sp³-hybridized carbons (Fsp3) is 0. The van der Waals surface area contributed by atoms with Gasteiger partial charge in [-0.15, -0.1) is 0 Å². The maximum absolute atomic E-state index is 6.52. The largest absolute Gasteiger partial charge is 0.455 e. The predicted octanol–water partition coefficient (Wildman–Crippen LogP) is 17.5. The van der Waals surface area contributed by atoms with Gasteiger partial charge in [0.15, 0.2) is 0 Å². The van der Waals surface area contributed by atoms with E-state index in [1.807, 2.05) is 6.07 Å². The normalized spacial score (nSPS) is 11.7. The number of aromatic nitrogens is 1. The zero-order valence-corrected chi connectivity index (χ0v) is 35.4. The molecule has 0 aliphatic heterocycles. The highest BCUT2D eigenvalue weighted by Gasteiger charge is 2.18. The van der Waals surface area contributed by atoms with E-state index in [0.29, 0.717) is 0 Å². The molecule has 304 valence electrons. The smallest absolute Gasteiger partial charge is 0.143 e. The molecule has 0 saturated heterocycles. The summed E-state index contributed by atoms with van der Waals surface area (Å²) >= 11 is 0. The summed E-state index contributed by atoms with van der Waals surface area (Å²) in [5.74, 6) is 0. The Bertz CT molecular complexity index is 3880. The average Bonchev–Trinajstić information content (AvgIpc) is 3.93. The first-order chi connectivity index (χ1) is 32.2. The van der Waals surface area contributed by atoms with Gasteiger partial charge in [0.05, 0.1) is 11.0 Å². The predicted molar refractivity (Wildman–Crippen MR) is 274 cm³/mol. The molecular weight excluding hydrogens is 789 g/mol. The highest BCUT2D eigenvalue weighted by molar-refractivity contribution is 6.12. The fourth-order valence-electron chi connectivity index (χ4n) is 10.0. The lowest BCUT2D eigenvalue weighted by molar-refractivity contribution is 0.670. The lowest BCUT2D eigenvalue weighted by atomic mass is 9.99. The van der Waals surface area contributed by atoms with E-state index in [9.17, 15) is 0 Å². The second-order valence-electron chi connectivity index (χ2n) is 16.9. The fourth-order valence-corrected chi connectivity index (χ4v) is 10.0. The van der Waals surface area contributed by atoms with E-state index in [4.69, 9.17) is 4.42 Å². The van der Waals surface area contributed by atoms with E-state index < -0.39 is 0 Å². The van der Waals surface area contributed by atoms with Gasteiger partial charge in [-0.1, -0.05) is 170 Å². The van der Waals surface area contributed by atoms with Crippen molar-refractivity contribution in [2.24, 2.45) is 0 Å². The van der Waals surface area contributed by atoms with Crippen LogP contribution in [0.2, 0.25) is 0 Å². The summed E-state index contributed by atoms with van der Waals surface area (Å²) in [7, 11) is 0. The van der Waals surface area contributed by atoms with Crippen molar-refractivity contribution in [2.45, 2.75) is 0 Å². The van der Waals surface area contributed by atoms with E-state index >= 15 is 0 Å². The summed E-state index contributed by atoms with van der Waals surface area (Å²) in [4.78, 5) is 2.38. The Labute approximate surface area is 376 Å². The minimum atomic E-state index is 0.889. The van der Waals surface area contributed by atoms with Crippen molar-refractivity contribution in [3.8, 4) is 39.1 Å². The van der Waals surface area contributed by atoms with E-state index in [0.717, 1.165) is 72.5 Å². The van der Waals surface area contributed by atoms with E-state index in [2.05, 4.69) is 246 Å². The van der Waals surface area contributed by atoms with Crippen LogP contribution in [-0.4, -0.2) is 4.57 Å². The van der Waals surface area contributed by atoms with Crippen molar-refractivity contribution in [1.29, 1.82) is 0 Å². The first-order valence-corrected chi connectivity index (χ1v) is 22.2. The third-order valence-corrected chi connectivity index (χ3v) is 13.2. The van der Waals surface area contributed by atoms with Crippen LogP contribution < -0.4 is 4.90 Å². The van der Waals surface area contributed by atoms with Gasteiger partial charge in [0.2, 0.25) is 0 Å². The number of benzene rings is 11. The molecule has 0 aliphatic carbocycles. The van der Waals surface area contributed by atoms with Gasteiger partial charge in [-0.3, -0.25) is 0 Å². The number of nitrogens with zero attached hydrogens (tertiary/aromatic N) is 2. The third-order valence-electron chi connectivity index (χ3n) is 13.2. The zero-order chi connectivity index (χ0) is 42.8. The van der Waals surface area contributed by atoms with E-state index in [1.165, 1.54) is 48.9 Å². The van der Waals surface area contributed by atoms with Gasteiger partial charge in [0.1, 0.15) is 11.2 Å². The quantitative estimate of drug-likeness (QED) is 0.149. The van der Waals surface area contributed by atoms with Crippen LogP contribution in [0.25, 0.3) is 104 Å². The Hall–Kier alpha value is -8.66. The third kappa shape index (κ3) is 6.20. The molecule has 13 rings (SSSR count). The molecule has 11 aromatic carbocycles. The number of hydrogen-bond acceptors (Lipinski definition) is 2. The number of rotatable bonds is 7. The van der Waals surface area contributed by atoms with Crippen LogP contribution in [-0.2, 0) is 0 Å². The Balaban J connectivity index is 0.893. The molecule has 0 radical (unpaired) electrons. The van der Waals surface area contributed by atoms with Crippen LogP contribution >= 0.6 is 0 Å². The van der Waals surface area contributed by atoms with Gasteiger partial charge >= 0.3 is 0 Å². The Kier molecular flexibility index (Phi) is 8.53. The van der Waals surface area contributed by atoms with Crippen molar-refractivity contribution in [3.05, 3.63) is 243 Å². The number of furan rings is 1. The molecule has 0 fully saturated rings. The molecule has 13 aromatic rings. The highest BCUT2D eigenvalue weighted by atomic mass is 16.3. The molecule has 3 nitrogen and oxygen atoms in total. The maximum atomic E-state index is 6.52. The summed E-state index contributed by atoms with van der Waals surface area (Å²) in [5.41, 5.74) is 15.5. The van der Waals surface area contributed by atoms with E-state index in [-0.39, 0.29) is 0 Å². The van der Waals surface area contributed by atoms with Crippen LogP contribution in [0.15, 0.2) is 247 Å². The first kappa shape index (κ1) is 36.9. The molecule has 0 saturated carbocycles. The van der Waals surface area contributed by atoms with E-state index in [1.54, 1.807) is 0 Å². The monoisotopic (exact) mass is 828 g/mol. The summed E-state index contributed by atoms with van der Waals surface area (Å²) in [6.07, 6.45) is 0. The Morgan fingerprint density at radius 2 is 0.846 bits per heavy atom.